The number of carbonyl (C=O) groups excluding carboxylic acids is 1. The molecular weight excluding hydrogens is 248 g/mol. The summed E-state index contributed by atoms with van der Waals surface area (Å²) in [6.07, 6.45) is 7.44. The molecule has 2 heteroatoms. The van der Waals surface area contributed by atoms with Crippen LogP contribution < -0.4 is 0 Å². The number of esters is 1. The number of carbonyl (C=O) groups is 1. The highest BCUT2D eigenvalue weighted by atomic mass is 16.6. The van der Waals surface area contributed by atoms with Gasteiger partial charge in [-0.1, -0.05) is 24.6 Å². The molecule has 2 fully saturated rings. The van der Waals surface area contributed by atoms with Crippen LogP contribution in [0, 0.1) is 23.7 Å². The van der Waals surface area contributed by atoms with Crippen LogP contribution >= 0.6 is 0 Å². The van der Waals surface area contributed by atoms with E-state index in [1.54, 1.807) is 12.5 Å². The Balaban J connectivity index is 1.67. The van der Waals surface area contributed by atoms with Crippen molar-refractivity contribution in [2.24, 2.45) is 23.7 Å². The lowest BCUT2D eigenvalue weighted by atomic mass is 9.73. The first-order valence-electron chi connectivity index (χ1n) is 8.18. The van der Waals surface area contributed by atoms with E-state index in [-0.39, 0.29) is 11.6 Å². The number of rotatable bonds is 3. The van der Waals surface area contributed by atoms with Crippen molar-refractivity contribution in [1.29, 1.82) is 0 Å². The summed E-state index contributed by atoms with van der Waals surface area (Å²) >= 11 is 0. The van der Waals surface area contributed by atoms with Crippen molar-refractivity contribution in [2.75, 3.05) is 0 Å². The van der Waals surface area contributed by atoms with Gasteiger partial charge in [-0.3, -0.25) is 0 Å². The molecule has 108 valence electrons. The summed E-state index contributed by atoms with van der Waals surface area (Å²) in [4.78, 5) is 12.1. The van der Waals surface area contributed by atoms with Crippen LogP contribution in [0.1, 0.15) is 52.4 Å². The second-order valence-corrected chi connectivity index (χ2v) is 7.40. The molecule has 4 aliphatic rings. The van der Waals surface area contributed by atoms with Crippen molar-refractivity contribution in [3.05, 3.63) is 23.3 Å². The standard InChI is InChI=1S/C18H24O2/c1-4-18(20-17(19)10(2)3)9-13-8-14(18)16-12-6-5-11(7-12)15(13)16/h11-14H,2,4-9H2,1,3H3. The molecule has 0 amide bonds. The molecule has 5 unspecified atom stereocenters. The number of ether oxygens (including phenoxy) is 1. The predicted octanol–water partition coefficient (Wildman–Crippen LogP) is 4.02. The first-order valence-corrected chi connectivity index (χ1v) is 8.18. The predicted molar refractivity (Wildman–Crippen MR) is 78.0 cm³/mol. The maximum atomic E-state index is 12.1. The molecule has 0 aromatic heterocycles. The summed E-state index contributed by atoms with van der Waals surface area (Å²) < 4.78 is 5.99. The second-order valence-electron chi connectivity index (χ2n) is 7.40. The number of allylic oxidation sites excluding steroid dienone is 1. The molecule has 0 saturated heterocycles. The highest BCUT2D eigenvalue weighted by Crippen LogP contribution is 2.67. The number of hydrogen-bond donors (Lipinski definition) is 0. The van der Waals surface area contributed by atoms with Crippen molar-refractivity contribution in [3.8, 4) is 0 Å². The molecule has 0 radical (unpaired) electrons. The Bertz CT molecular complexity index is 530. The average Bonchev–Trinajstić information content (AvgIpc) is 3.15. The highest BCUT2D eigenvalue weighted by Gasteiger charge is 2.61. The van der Waals surface area contributed by atoms with E-state index in [9.17, 15) is 4.79 Å². The summed E-state index contributed by atoms with van der Waals surface area (Å²) in [5, 5.41) is 0. The molecular formula is C18H24O2. The summed E-state index contributed by atoms with van der Waals surface area (Å²) in [5.41, 5.74) is 3.85. The summed E-state index contributed by atoms with van der Waals surface area (Å²) in [6, 6.07) is 0. The van der Waals surface area contributed by atoms with Gasteiger partial charge in [-0.25, -0.2) is 4.79 Å². The lowest BCUT2D eigenvalue weighted by Crippen LogP contribution is -2.42. The van der Waals surface area contributed by atoms with E-state index in [2.05, 4.69) is 13.5 Å². The van der Waals surface area contributed by atoms with Crippen LogP contribution in [0.4, 0.5) is 0 Å². The minimum Gasteiger partial charge on any atom is -0.455 e. The molecule has 5 atom stereocenters. The molecule has 0 aliphatic heterocycles. The minimum absolute atomic E-state index is 0.190. The average molecular weight is 272 g/mol. The van der Waals surface area contributed by atoms with E-state index in [0.717, 1.165) is 24.7 Å². The largest absolute Gasteiger partial charge is 0.455 e. The molecule has 4 bridgehead atoms. The monoisotopic (exact) mass is 272 g/mol. The van der Waals surface area contributed by atoms with E-state index in [0.29, 0.717) is 17.4 Å². The van der Waals surface area contributed by atoms with Crippen LogP contribution in [0.3, 0.4) is 0 Å². The van der Waals surface area contributed by atoms with Gasteiger partial charge in [0.1, 0.15) is 5.60 Å². The fourth-order valence-corrected chi connectivity index (χ4v) is 5.71. The Morgan fingerprint density at radius 2 is 1.95 bits per heavy atom. The third kappa shape index (κ3) is 1.43. The van der Waals surface area contributed by atoms with Crippen LogP contribution in [0.2, 0.25) is 0 Å². The molecule has 2 saturated carbocycles. The van der Waals surface area contributed by atoms with Gasteiger partial charge >= 0.3 is 5.97 Å². The lowest BCUT2D eigenvalue weighted by molar-refractivity contribution is -0.159. The van der Waals surface area contributed by atoms with E-state index < -0.39 is 0 Å². The molecule has 20 heavy (non-hydrogen) atoms. The molecule has 4 rings (SSSR count). The van der Waals surface area contributed by atoms with Crippen molar-refractivity contribution >= 4 is 5.97 Å². The maximum Gasteiger partial charge on any atom is 0.333 e. The molecule has 4 aliphatic carbocycles. The second kappa shape index (κ2) is 3.99. The molecule has 2 nitrogen and oxygen atoms in total. The number of fused-ring (bicyclic) bond motifs is 8. The smallest absolute Gasteiger partial charge is 0.333 e. The Kier molecular flexibility index (Phi) is 2.53. The minimum atomic E-state index is -0.218. The quantitative estimate of drug-likeness (QED) is 0.336. The van der Waals surface area contributed by atoms with E-state index >= 15 is 0 Å². The van der Waals surface area contributed by atoms with Crippen molar-refractivity contribution in [1.82, 2.24) is 0 Å². The Morgan fingerprint density at radius 3 is 2.60 bits per heavy atom. The molecule has 0 spiro atoms. The van der Waals surface area contributed by atoms with E-state index in [1.165, 1.54) is 25.7 Å². The fourth-order valence-electron chi connectivity index (χ4n) is 5.71. The zero-order valence-electron chi connectivity index (χ0n) is 12.6. The third-order valence-electron chi connectivity index (χ3n) is 6.45. The Hall–Kier alpha value is -1.05. The van der Waals surface area contributed by atoms with Crippen molar-refractivity contribution < 1.29 is 9.53 Å². The zero-order chi connectivity index (χ0) is 14.1. The van der Waals surface area contributed by atoms with Crippen LogP contribution in [-0.4, -0.2) is 11.6 Å². The summed E-state index contributed by atoms with van der Waals surface area (Å²) in [7, 11) is 0. The normalized spacial score (nSPS) is 44.1. The van der Waals surface area contributed by atoms with Gasteiger partial charge in [-0.15, -0.1) is 0 Å². The van der Waals surface area contributed by atoms with Crippen molar-refractivity contribution in [3.63, 3.8) is 0 Å². The van der Waals surface area contributed by atoms with Gasteiger partial charge in [0.25, 0.3) is 0 Å². The van der Waals surface area contributed by atoms with Gasteiger partial charge in [0, 0.05) is 11.5 Å². The first kappa shape index (κ1) is 12.7. The molecule has 0 aromatic carbocycles. The molecule has 0 N–H and O–H groups in total. The number of hydrogen-bond acceptors (Lipinski definition) is 2. The van der Waals surface area contributed by atoms with Gasteiger partial charge in [-0.2, -0.15) is 0 Å². The summed E-state index contributed by atoms with van der Waals surface area (Å²) in [5.74, 6) is 2.75. The van der Waals surface area contributed by atoms with Gasteiger partial charge < -0.3 is 4.74 Å². The Morgan fingerprint density at radius 1 is 1.25 bits per heavy atom. The lowest BCUT2D eigenvalue weighted by Gasteiger charge is -2.40. The van der Waals surface area contributed by atoms with Crippen LogP contribution in [0.25, 0.3) is 0 Å². The highest BCUT2D eigenvalue weighted by molar-refractivity contribution is 5.87. The Labute approximate surface area is 121 Å². The molecule has 0 aromatic rings. The van der Waals surface area contributed by atoms with Gasteiger partial charge in [-0.05, 0) is 63.2 Å². The topological polar surface area (TPSA) is 26.3 Å². The fraction of sp³-hybridized carbons (Fsp3) is 0.722. The molecule has 0 heterocycles. The van der Waals surface area contributed by atoms with Gasteiger partial charge in [0.05, 0.1) is 0 Å². The van der Waals surface area contributed by atoms with Gasteiger partial charge in [0.2, 0.25) is 0 Å². The van der Waals surface area contributed by atoms with E-state index in [1.807, 2.05) is 5.57 Å². The zero-order valence-corrected chi connectivity index (χ0v) is 12.6. The van der Waals surface area contributed by atoms with Crippen molar-refractivity contribution in [2.45, 2.75) is 58.0 Å². The van der Waals surface area contributed by atoms with Crippen LogP contribution in [-0.2, 0) is 9.53 Å². The maximum absolute atomic E-state index is 12.1. The SMILES string of the molecule is C=C(C)C(=O)OC1(CC)CC2CC1C1=C2C2CCC1C2. The summed E-state index contributed by atoms with van der Waals surface area (Å²) in [6.45, 7) is 7.67. The van der Waals surface area contributed by atoms with E-state index in [4.69, 9.17) is 4.74 Å². The third-order valence-corrected chi connectivity index (χ3v) is 6.45. The van der Waals surface area contributed by atoms with Crippen LogP contribution in [0.15, 0.2) is 23.3 Å². The van der Waals surface area contributed by atoms with Crippen LogP contribution in [0.5, 0.6) is 0 Å². The van der Waals surface area contributed by atoms with Gasteiger partial charge in [0.15, 0.2) is 0 Å². The first-order chi connectivity index (χ1) is 9.55.